The number of sulfonamides is 1. The smallest absolute Gasteiger partial charge is 0.240 e. The topological polar surface area (TPSA) is 58.2 Å². The van der Waals surface area contributed by atoms with Crippen LogP contribution in [0.4, 0.5) is 4.39 Å². The quantitative estimate of drug-likeness (QED) is 0.681. The molecule has 0 heterocycles. The highest BCUT2D eigenvalue weighted by Crippen LogP contribution is 2.15. The molecular formula is C14H23FN2O2S2. The Bertz CT molecular complexity index is 550. The van der Waals surface area contributed by atoms with Crippen molar-refractivity contribution in [2.75, 3.05) is 19.3 Å². The largest absolute Gasteiger partial charge is 0.313 e. The SMILES string of the molecule is CCCNCc1cc(S(=O)(=O)NCC(C)SC)ccc1F. The molecule has 1 unspecified atom stereocenters. The molecule has 0 fully saturated rings. The predicted octanol–water partition coefficient (Wildman–Crippen LogP) is 2.36. The second kappa shape index (κ2) is 8.73. The third-order valence-electron chi connectivity index (χ3n) is 3.03. The lowest BCUT2D eigenvalue weighted by molar-refractivity contribution is 0.574. The van der Waals surface area contributed by atoms with Gasteiger partial charge in [0.15, 0.2) is 0 Å². The zero-order valence-electron chi connectivity index (χ0n) is 12.6. The molecule has 0 saturated heterocycles. The number of thioether (sulfide) groups is 1. The van der Waals surface area contributed by atoms with Gasteiger partial charge in [0.1, 0.15) is 5.82 Å². The summed E-state index contributed by atoms with van der Waals surface area (Å²) in [7, 11) is -3.59. The Labute approximate surface area is 131 Å². The minimum Gasteiger partial charge on any atom is -0.313 e. The van der Waals surface area contributed by atoms with E-state index in [1.54, 1.807) is 11.8 Å². The molecule has 1 rings (SSSR count). The van der Waals surface area contributed by atoms with Crippen LogP contribution < -0.4 is 10.0 Å². The first-order valence-electron chi connectivity index (χ1n) is 6.92. The molecule has 0 bridgehead atoms. The lowest BCUT2D eigenvalue weighted by Gasteiger charge is -2.12. The molecule has 21 heavy (non-hydrogen) atoms. The van der Waals surface area contributed by atoms with Gasteiger partial charge in [-0.1, -0.05) is 13.8 Å². The van der Waals surface area contributed by atoms with Crippen LogP contribution in [0.15, 0.2) is 23.1 Å². The summed E-state index contributed by atoms with van der Waals surface area (Å²) in [4.78, 5) is 0.102. The summed E-state index contributed by atoms with van der Waals surface area (Å²) in [5.74, 6) is -0.393. The number of rotatable bonds is 9. The average molecular weight is 334 g/mol. The highest BCUT2D eigenvalue weighted by molar-refractivity contribution is 7.99. The van der Waals surface area contributed by atoms with Crippen LogP contribution in [0.1, 0.15) is 25.8 Å². The van der Waals surface area contributed by atoms with Crippen LogP contribution in [0.5, 0.6) is 0 Å². The maximum absolute atomic E-state index is 13.7. The summed E-state index contributed by atoms with van der Waals surface area (Å²) < 4.78 is 40.6. The van der Waals surface area contributed by atoms with Crippen molar-refractivity contribution in [3.63, 3.8) is 0 Å². The van der Waals surface area contributed by atoms with Gasteiger partial charge in [0.2, 0.25) is 10.0 Å². The Hall–Kier alpha value is -0.630. The van der Waals surface area contributed by atoms with E-state index in [0.717, 1.165) is 13.0 Å². The van der Waals surface area contributed by atoms with E-state index >= 15 is 0 Å². The van der Waals surface area contributed by atoms with E-state index in [2.05, 4.69) is 10.0 Å². The first-order valence-corrected chi connectivity index (χ1v) is 9.69. The van der Waals surface area contributed by atoms with E-state index < -0.39 is 15.8 Å². The van der Waals surface area contributed by atoms with Crippen LogP contribution in [0, 0.1) is 5.82 Å². The first kappa shape index (κ1) is 18.4. The van der Waals surface area contributed by atoms with Crippen molar-refractivity contribution in [2.45, 2.75) is 37.0 Å². The van der Waals surface area contributed by atoms with Crippen molar-refractivity contribution in [3.05, 3.63) is 29.6 Å². The van der Waals surface area contributed by atoms with Crippen molar-refractivity contribution in [1.29, 1.82) is 0 Å². The number of hydrogen-bond acceptors (Lipinski definition) is 4. The normalized spacial score (nSPS) is 13.3. The van der Waals surface area contributed by atoms with Crippen molar-refractivity contribution in [3.8, 4) is 0 Å². The summed E-state index contributed by atoms with van der Waals surface area (Å²) >= 11 is 1.58. The fourth-order valence-electron chi connectivity index (χ4n) is 1.65. The van der Waals surface area contributed by atoms with Gasteiger partial charge in [0, 0.05) is 23.9 Å². The average Bonchev–Trinajstić information content (AvgIpc) is 2.46. The third kappa shape index (κ3) is 5.94. The third-order valence-corrected chi connectivity index (χ3v) is 5.43. The molecule has 2 N–H and O–H groups in total. The minimum absolute atomic E-state index is 0.102. The Morgan fingerprint density at radius 1 is 1.38 bits per heavy atom. The van der Waals surface area contributed by atoms with Gasteiger partial charge in [-0.2, -0.15) is 11.8 Å². The van der Waals surface area contributed by atoms with E-state index in [1.165, 1.54) is 18.2 Å². The fourth-order valence-corrected chi connectivity index (χ4v) is 3.18. The molecule has 0 amide bonds. The van der Waals surface area contributed by atoms with Gasteiger partial charge >= 0.3 is 0 Å². The van der Waals surface area contributed by atoms with Crippen molar-refractivity contribution in [2.24, 2.45) is 0 Å². The van der Waals surface area contributed by atoms with E-state index in [0.29, 0.717) is 18.7 Å². The van der Waals surface area contributed by atoms with Gasteiger partial charge in [0.05, 0.1) is 4.90 Å². The van der Waals surface area contributed by atoms with Crippen molar-refractivity contribution >= 4 is 21.8 Å². The second-order valence-electron chi connectivity index (χ2n) is 4.83. The van der Waals surface area contributed by atoms with E-state index in [-0.39, 0.29) is 10.1 Å². The summed E-state index contributed by atoms with van der Waals surface area (Å²) in [6.07, 6.45) is 2.86. The summed E-state index contributed by atoms with van der Waals surface area (Å²) in [5.41, 5.74) is 0.365. The van der Waals surface area contributed by atoms with Crippen LogP contribution in [0.3, 0.4) is 0 Å². The lowest BCUT2D eigenvalue weighted by atomic mass is 10.2. The molecule has 1 aromatic carbocycles. The lowest BCUT2D eigenvalue weighted by Crippen LogP contribution is -2.29. The summed E-state index contributed by atoms with van der Waals surface area (Å²) in [6, 6.07) is 3.89. The van der Waals surface area contributed by atoms with Crippen LogP contribution >= 0.6 is 11.8 Å². The summed E-state index contributed by atoms with van der Waals surface area (Å²) in [5, 5.41) is 3.26. The Kier molecular flexibility index (Phi) is 7.65. The zero-order valence-corrected chi connectivity index (χ0v) is 14.3. The van der Waals surface area contributed by atoms with E-state index in [9.17, 15) is 12.8 Å². The zero-order chi connectivity index (χ0) is 15.9. The van der Waals surface area contributed by atoms with Crippen LogP contribution in [0.2, 0.25) is 0 Å². The van der Waals surface area contributed by atoms with Gasteiger partial charge < -0.3 is 5.32 Å². The van der Waals surface area contributed by atoms with Crippen molar-refractivity contribution in [1.82, 2.24) is 10.0 Å². The maximum Gasteiger partial charge on any atom is 0.240 e. The van der Waals surface area contributed by atoms with Crippen LogP contribution in [0.25, 0.3) is 0 Å². The highest BCUT2D eigenvalue weighted by Gasteiger charge is 2.16. The molecule has 0 aliphatic heterocycles. The molecule has 0 radical (unpaired) electrons. The second-order valence-corrected chi connectivity index (χ2v) is 7.87. The molecule has 0 spiro atoms. The maximum atomic E-state index is 13.7. The monoisotopic (exact) mass is 334 g/mol. The number of nitrogens with one attached hydrogen (secondary N) is 2. The van der Waals surface area contributed by atoms with Gasteiger partial charge in [-0.15, -0.1) is 0 Å². The fraction of sp³-hybridized carbons (Fsp3) is 0.571. The molecule has 7 heteroatoms. The molecule has 0 aliphatic carbocycles. The van der Waals surface area contributed by atoms with Crippen molar-refractivity contribution < 1.29 is 12.8 Å². The molecule has 0 saturated carbocycles. The van der Waals surface area contributed by atoms with Gasteiger partial charge in [0.25, 0.3) is 0 Å². The first-order chi connectivity index (χ1) is 9.90. The minimum atomic E-state index is -3.59. The van der Waals surface area contributed by atoms with Crippen LogP contribution in [-0.2, 0) is 16.6 Å². The standard InChI is InChI=1S/C14H23FN2O2S2/c1-4-7-16-10-12-8-13(5-6-14(12)15)21(18,19)17-9-11(2)20-3/h5-6,8,11,16-17H,4,7,9-10H2,1-3H3. The molecule has 4 nitrogen and oxygen atoms in total. The molecule has 1 aromatic rings. The van der Waals surface area contributed by atoms with Gasteiger partial charge in [-0.05, 0) is 37.4 Å². The Morgan fingerprint density at radius 2 is 2.10 bits per heavy atom. The number of hydrogen-bond donors (Lipinski definition) is 2. The molecule has 0 aromatic heterocycles. The molecule has 120 valence electrons. The molecule has 1 atom stereocenters. The predicted molar refractivity (Wildman–Crippen MR) is 86.6 cm³/mol. The Morgan fingerprint density at radius 3 is 2.71 bits per heavy atom. The van der Waals surface area contributed by atoms with Crippen LogP contribution in [-0.4, -0.2) is 33.0 Å². The molecule has 0 aliphatic rings. The van der Waals surface area contributed by atoms with E-state index in [4.69, 9.17) is 0 Å². The van der Waals surface area contributed by atoms with Gasteiger partial charge in [-0.25, -0.2) is 17.5 Å². The molecular weight excluding hydrogens is 311 g/mol. The number of benzene rings is 1. The highest BCUT2D eigenvalue weighted by atomic mass is 32.2. The summed E-state index contributed by atoms with van der Waals surface area (Å²) in [6.45, 7) is 5.40. The Balaban J connectivity index is 2.84. The number of halogens is 1. The van der Waals surface area contributed by atoms with Gasteiger partial charge in [-0.3, -0.25) is 0 Å². The van der Waals surface area contributed by atoms with E-state index in [1.807, 2.05) is 20.1 Å².